The van der Waals surface area contributed by atoms with Crippen molar-refractivity contribution in [1.29, 1.82) is 0 Å². The van der Waals surface area contributed by atoms with E-state index in [4.69, 9.17) is 9.84 Å². The van der Waals surface area contributed by atoms with Crippen LogP contribution < -0.4 is 0 Å². The summed E-state index contributed by atoms with van der Waals surface area (Å²) in [6, 6.07) is 3.68. The Balaban J connectivity index is 2.82. The molecule has 0 amide bonds. The third-order valence-corrected chi connectivity index (χ3v) is 3.82. The van der Waals surface area contributed by atoms with Gasteiger partial charge in [0.05, 0.1) is 12.2 Å². The highest BCUT2D eigenvalue weighted by Crippen LogP contribution is 2.28. The predicted molar refractivity (Wildman–Crippen MR) is 66.3 cm³/mol. The van der Waals surface area contributed by atoms with Crippen molar-refractivity contribution in [1.82, 2.24) is 0 Å². The number of hydrogen-bond acceptors (Lipinski definition) is 4. The number of aryl methyl sites for hydroxylation is 1. The summed E-state index contributed by atoms with van der Waals surface area (Å²) in [7, 11) is 0. The van der Waals surface area contributed by atoms with E-state index in [1.807, 2.05) is 13.0 Å². The minimum atomic E-state index is -1.03. The van der Waals surface area contributed by atoms with Crippen LogP contribution in [0.1, 0.15) is 36.6 Å². The van der Waals surface area contributed by atoms with E-state index in [0.717, 1.165) is 11.3 Å². The normalized spacial score (nSPS) is 16.5. The van der Waals surface area contributed by atoms with Crippen LogP contribution in [-0.2, 0) is 16.0 Å². The van der Waals surface area contributed by atoms with Gasteiger partial charge in [0.15, 0.2) is 6.10 Å². The molecule has 0 saturated carbocycles. The molecule has 0 fully saturated rings. The Bertz CT molecular complexity index is 372. The molecule has 3 unspecified atom stereocenters. The second kappa shape index (κ2) is 6.14. The third kappa shape index (κ3) is 3.80. The second-order valence-corrected chi connectivity index (χ2v) is 5.16. The molecule has 2 N–H and O–H groups in total. The zero-order chi connectivity index (χ0) is 13.0. The fourth-order valence-electron chi connectivity index (χ4n) is 1.30. The van der Waals surface area contributed by atoms with E-state index in [1.165, 1.54) is 11.3 Å². The van der Waals surface area contributed by atoms with Crippen LogP contribution in [0, 0.1) is 0 Å². The number of rotatable bonds is 6. The maximum absolute atomic E-state index is 11.2. The van der Waals surface area contributed by atoms with Crippen molar-refractivity contribution >= 4 is 17.3 Å². The van der Waals surface area contributed by atoms with Crippen LogP contribution in [0.5, 0.6) is 0 Å². The SMILES string of the molecule is CCc1ccc(C(OC(C)C(C)O)C(=O)O)s1. The van der Waals surface area contributed by atoms with Gasteiger partial charge in [-0.1, -0.05) is 6.92 Å². The van der Waals surface area contributed by atoms with E-state index < -0.39 is 24.3 Å². The van der Waals surface area contributed by atoms with Gasteiger partial charge >= 0.3 is 5.97 Å². The van der Waals surface area contributed by atoms with Crippen molar-refractivity contribution in [3.8, 4) is 0 Å². The first-order chi connectivity index (χ1) is 7.95. The molecule has 0 aliphatic carbocycles. The van der Waals surface area contributed by atoms with Crippen molar-refractivity contribution < 1.29 is 19.7 Å². The van der Waals surface area contributed by atoms with E-state index in [1.54, 1.807) is 19.9 Å². The quantitative estimate of drug-likeness (QED) is 0.821. The van der Waals surface area contributed by atoms with Gasteiger partial charge in [0.2, 0.25) is 0 Å². The molecule has 5 heteroatoms. The number of carboxylic acids is 1. The van der Waals surface area contributed by atoms with Gasteiger partial charge in [-0.25, -0.2) is 4.79 Å². The van der Waals surface area contributed by atoms with Gasteiger partial charge in [-0.05, 0) is 32.4 Å². The highest BCUT2D eigenvalue weighted by molar-refractivity contribution is 7.12. The van der Waals surface area contributed by atoms with E-state index in [2.05, 4.69) is 0 Å². The van der Waals surface area contributed by atoms with Crippen LogP contribution in [0.15, 0.2) is 12.1 Å². The molecule has 0 bridgehead atoms. The van der Waals surface area contributed by atoms with E-state index in [0.29, 0.717) is 4.88 Å². The summed E-state index contributed by atoms with van der Waals surface area (Å²) >= 11 is 1.44. The van der Waals surface area contributed by atoms with Gasteiger partial charge < -0.3 is 14.9 Å². The molecule has 1 rings (SSSR count). The maximum atomic E-state index is 11.2. The molecule has 0 aliphatic heterocycles. The number of thiophene rings is 1. The highest BCUT2D eigenvalue weighted by Gasteiger charge is 2.26. The van der Waals surface area contributed by atoms with Crippen molar-refractivity contribution in [2.45, 2.75) is 45.5 Å². The van der Waals surface area contributed by atoms with Gasteiger partial charge in [0.25, 0.3) is 0 Å². The molecule has 1 aromatic heterocycles. The first kappa shape index (κ1) is 14.2. The number of carbonyl (C=O) groups is 1. The summed E-state index contributed by atoms with van der Waals surface area (Å²) in [4.78, 5) is 12.9. The zero-order valence-corrected chi connectivity index (χ0v) is 11.0. The minimum absolute atomic E-state index is 0.511. The number of hydrogen-bond donors (Lipinski definition) is 2. The predicted octanol–water partition coefficient (Wildman–Crippen LogP) is 2.22. The lowest BCUT2D eigenvalue weighted by molar-refractivity contribution is -0.158. The Kier molecular flexibility index (Phi) is 5.11. The topological polar surface area (TPSA) is 66.8 Å². The molecule has 0 radical (unpaired) electrons. The van der Waals surface area contributed by atoms with Crippen molar-refractivity contribution in [3.63, 3.8) is 0 Å². The first-order valence-corrected chi connectivity index (χ1v) is 6.42. The maximum Gasteiger partial charge on any atom is 0.338 e. The molecule has 3 atom stereocenters. The molecule has 17 heavy (non-hydrogen) atoms. The van der Waals surface area contributed by atoms with Crippen molar-refractivity contribution in [2.75, 3.05) is 0 Å². The molecule has 1 heterocycles. The molecule has 0 aromatic carbocycles. The fraction of sp³-hybridized carbons (Fsp3) is 0.583. The summed E-state index contributed by atoms with van der Waals surface area (Å²) in [6.07, 6.45) is -1.32. The van der Waals surface area contributed by atoms with E-state index >= 15 is 0 Å². The molecule has 4 nitrogen and oxygen atoms in total. The van der Waals surface area contributed by atoms with Crippen LogP contribution in [0.4, 0.5) is 0 Å². The number of aliphatic hydroxyl groups is 1. The zero-order valence-electron chi connectivity index (χ0n) is 10.2. The lowest BCUT2D eigenvalue weighted by Gasteiger charge is -2.20. The Morgan fingerprint density at radius 3 is 2.53 bits per heavy atom. The van der Waals surface area contributed by atoms with Gasteiger partial charge in [-0.2, -0.15) is 0 Å². The average Bonchev–Trinajstić information content (AvgIpc) is 2.72. The Morgan fingerprint density at radius 1 is 1.47 bits per heavy atom. The second-order valence-electron chi connectivity index (χ2n) is 3.96. The van der Waals surface area contributed by atoms with Crippen LogP contribution >= 0.6 is 11.3 Å². The van der Waals surface area contributed by atoms with Crippen molar-refractivity contribution in [3.05, 3.63) is 21.9 Å². The molecular formula is C12H18O4S. The highest BCUT2D eigenvalue weighted by atomic mass is 32.1. The summed E-state index contributed by atoms with van der Waals surface area (Å²) in [6.45, 7) is 5.26. The summed E-state index contributed by atoms with van der Waals surface area (Å²) in [5, 5.41) is 18.5. The number of ether oxygens (including phenoxy) is 1. The number of carboxylic acid groups (broad SMARTS) is 1. The van der Waals surface area contributed by atoms with Crippen LogP contribution in [0.3, 0.4) is 0 Å². The first-order valence-electron chi connectivity index (χ1n) is 5.60. The smallest absolute Gasteiger partial charge is 0.338 e. The van der Waals surface area contributed by atoms with Crippen LogP contribution in [0.2, 0.25) is 0 Å². The molecule has 1 aromatic rings. The minimum Gasteiger partial charge on any atom is -0.479 e. The number of aliphatic hydroxyl groups excluding tert-OH is 1. The average molecular weight is 258 g/mol. The Hall–Kier alpha value is -0.910. The standard InChI is InChI=1S/C12H18O4S/c1-4-9-5-6-10(17-9)11(12(14)15)16-8(3)7(2)13/h5-8,11,13H,4H2,1-3H3,(H,14,15). The molecule has 96 valence electrons. The van der Waals surface area contributed by atoms with Crippen LogP contribution in [-0.4, -0.2) is 28.4 Å². The van der Waals surface area contributed by atoms with Gasteiger partial charge in [0.1, 0.15) is 0 Å². The fourth-order valence-corrected chi connectivity index (χ4v) is 2.28. The molecule has 0 spiro atoms. The van der Waals surface area contributed by atoms with Crippen LogP contribution in [0.25, 0.3) is 0 Å². The Labute approximate surface area is 105 Å². The molecular weight excluding hydrogens is 240 g/mol. The number of aliphatic carboxylic acids is 1. The summed E-state index contributed by atoms with van der Waals surface area (Å²) in [5.41, 5.74) is 0. The monoisotopic (exact) mass is 258 g/mol. The van der Waals surface area contributed by atoms with E-state index in [9.17, 15) is 9.90 Å². The molecule has 0 aliphatic rings. The summed E-state index contributed by atoms with van der Waals surface area (Å²) in [5.74, 6) is -1.03. The van der Waals surface area contributed by atoms with Gasteiger partial charge in [-0.3, -0.25) is 0 Å². The lowest BCUT2D eigenvalue weighted by atomic mass is 10.2. The van der Waals surface area contributed by atoms with Gasteiger partial charge in [-0.15, -0.1) is 11.3 Å². The third-order valence-electron chi connectivity index (χ3n) is 2.54. The lowest BCUT2D eigenvalue weighted by Crippen LogP contribution is -2.27. The van der Waals surface area contributed by atoms with Gasteiger partial charge in [0, 0.05) is 9.75 Å². The largest absolute Gasteiger partial charge is 0.479 e. The summed E-state index contributed by atoms with van der Waals surface area (Å²) < 4.78 is 5.38. The Morgan fingerprint density at radius 2 is 2.12 bits per heavy atom. The van der Waals surface area contributed by atoms with E-state index in [-0.39, 0.29) is 0 Å². The molecule has 0 saturated heterocycles. The van der Waals surface area contributed by atoms with Crippen molar-refractivity contribution in [2.24, 2.45) is 0 Å².